The molecule has 0 N–H and O–H groups in total. The normalized spacial score (nSPS) is 10.6. The lowest BCUT2D eigenvalue weighted by atomic mass is 10.1. The lowest BCUT2D eigenvalue weighted by Crippen LogP contribution is -2.34. The van der Waals surface area contributed by atoms with Crippen LogP contribution in [0.3, 0.4) is 0 Å². The fraction of sp³-hybridized carbons (Fsp3) is 0.550. The standard InChI is InChI=1S/C20H30N2O6.C20H26N2O6/c2*1-7-26-17(23)15-12-14(13-16(21-15)18(24)27-8-2)10-9-11-22(6)19(25)28-20(3,4)5/h12-13H,7-11H2,1-6H3;12-13H,7-8,11H2,1-6H3. The Morgan fingerprint density at radius 2 is 0.946 bits per heavy atom. The summed E-state index contributed by atoms with van der Waals surface area (Å²) in [4.78, 5) is 82.8. The molecule has 0 bridgehead atoms. The molecule has 16 nitrogen and oxygen atoms in total. The third-order valence-corrected chi connectivity index (χ3v) is 6.57. The molecule has 2 amide bonds. The molecule has 0 unspecified atom stereocenters. The highest BCUT2D eigenvalue weighted by Gasteiger charge is 2.21. The Labute approximate surface area is 329 Å². The van der Waals surface area contributed by atoms with Crippen LogP contribution in [0.25, 0.3) is 0 Å². The van der Waals surface area contributed by atoms with Crippen LogP contribution in [0.2, 0.25) is 0 Å². The van der Waals surface area contributed by atoms with E-state index in [1.54, 1.807) is 74.7 Å². The largest absolute Gasteiger partial charge is 0.461 e. The van der Waals surface area contributed by atoms with Gasteiger partial charge in [0.2, 0.25) is 0 Å². The molecular formula is C40H56N4O12. The van der Waals surface area contributed by atoms with Crippen LogP contribution < -0.4 is 0 Å². The zero-order valence-electron chi connectivity index (χ0n) is 34.7. The number of hydrogen-bond donors (Lipinski definition) is 0. The van der Waals surface area contributed by atoms with Crippen LogP contribution in [0.4, 0.5) is 9.59 Å². The minimum Gasteiger partial charge on any atom is -0.461 e. The third-order valence-electron chi connectivity index (χ3n) is 6.57. The van der Waals surface area contributed by atoms with Crippen molar-refractivity contribution in [3.8, 4) is 11.8 Å². The van der Waals surface area contributed by atoms with Crippen molar-refractivity contribution in [1.82, 2.24) is 19.8 Å². The summed E-state index contributed by atoms with van der Waals surface area (Å²) in [6.07, 6.45) is 0.247. The molecule has 0 aliphatic heterocycles. The Bertz CT molecular complexity index is 1660. The van der Waals surface area contributed by atoms with Gasteiger partial charge in [-0.1, -0.05) is 11.8 Å². The summed E-state index contributed by atoms with van der Waals surface area (Å²) in [5.41, 5.74) is -0.0236. The molecular weight excluding hydrogens is 728 g/mol. The number of esters is 4. The Kier molecular flexibility index (Phi) is 20.1. The lowest BCUT2D eigenvalue weighted by molar-refractivity contribution is 0.0293. The molecule has 308 valence electrons. The Hall–Kier alpha value is -5.72. The number of hydrogen-bond acceptors (Lipinski definition) is 14. The van der Waals surface area contributed by atoms with E-state index in [4.69, 9.17) is 28.4 Å². The number of rotatable bonds is 13. The number of ether oxygens (including phenoxy) is 6. The average Bonchev–Trinajstić information content (AvgIpc) is 3.10. The first-order valence-corrected chi connectivity index (χ1v) is 18.2. The second-order valence-corrected chi connectivity index (χ2v) is 13.9. The summed E-state index contributed by atoms with van der Waals surface area (Å²) in [5.74, 6) is 3.10. The van der Waals surface area contributed by atoms with Crippen LogP contribution in [-0.2, 0) is 34.8 Å². The molecule has 0 aliphatic rings. The number of aromatic nitrogens is 2. The third kappa shape index (κ3) is 18.5. The van der Waals surface area contributed by atoms with Gasteiger partial charge in [-0.3, -0.25) is 0 Å². The van der Waals surface area contributed by atoms with Crippen molar-refractivity contribution in [2.24, 2.45) is 0 Å². The maximum atomic E-state index is 12.0. The maximum Gasteiger partial charge on any atom is 0.410 e. The molecule has 0 aliphatic carbocycles. The highest BCUT2D eigenvalue weighted by molar-refractivity contribution is 5.93. The summed E-state index contributed by atoms with van der Waals surface area (Å²) >= 11 is 0. The lowest BCUT2D eigenvalue weighted by Gasteiger charge is -2.24. The van der Waals surface area contributed by atoms with E-state index in [9.17, 15) is 28.8 Å². The van der Waals surface area contributed by atoms with Gasteiger partial charge < -0.3 is 38.2 Å². The van der Waals surface area contributed by atoms with E-state index in [2.05, 4.69) is 21.8 Å². The first-order chi connectivity index (χ1) is 26.1. The fourth-order valence-electron chi connectivity index (χ4n) is 4.19. The Morgan fingerprint density at radius 1 is 0.589 bits per heavy atom. The van der Waals surface area contributed by atoms with Gasteiger partial charge in [0, 0.05) is 26.2 Å². The van der Waals surface area contributed by atoms with E-state index in [0.717, 1.165) is 5.56 Å². The molecule has 56 heavy (non-hydrogen) atoms. The molecule has 0 saturated heterocycles. The maximum absolute atomic E-state index is 12.0. The highest BCUT2D eigenvalue weighted by Crippen LogP contribution is 2.14. The van der Waals surface area contributed by atoms with Gasteiger partial charge in [0.05, 0.1) is 33.0 Å². The van der Waals surface area contributed by atoms with E-state index in [0.29, 0.717) is 24.9 Å². The zero-order chi connectivity index (χ0) is 42.6. The van der Waals surface area contributed by atoms with Gasteiger partial charge in [0.25, 0.3) is 0 Å². The van der Waals surface area contributed by atoms with Crippen molar-refractivity contribution in [2.45, 2.75) is 93.3 Å². The van der Waals surface area contributed by atoms with E-state index in [1.807, 2.05) is 20.8 Å². The minimum absolute atomic E-state index is 0.0443. The SMILES string of the molecule is CCOC(=O)c1cc(C#CCN(C)C(=O)OC(C)(C)C)cc(C(=O)OCC)n1.CCOC(=O)c1cc(CCCN(C)C(=O)OC(C)(C)C)cc(C(=O)OCC)n1. The first-order valence-electron chi connectivity index (χ1n) is 18.2. The smallest absolute Gasteiger partial charge is 0.410 e. The number of carbonyl (C=O) groups excluding carboxylic acids is 6. The molecule has 0 aromatic carbocycles. The van der Waals surface area contributed by atoms with Crippen molar-refractivity contribution >= 4 is 36.1 Å². The number of carbonyl (C=O) groups is 6. The number of amides is 2. The van der Waals surface area contributed by atoms with Crippen LogP contribution in [-0.4, -0.2) is 121 Å². The van der Waals surface area contributed by atoms with E-state index in [1.165, 1.54) is 21.9 Å². The summed E-state index contributed by atoms with van der Waals surface area (Å²) < 4.78 is 30.4. The van der Waals surface area contributed by atoms with E-state index < -0.39 is 47.3 Å². The van der Waals surface area contributed by atoms with Gasteiger partial charge >= 0.3 is 36.1 Å². The van der Waals surface area contributed by atoms with Crippen LogP contribution in [0, 0.1) is 11.8 Å². The fourth-order valence-corrected chi connectivity index (χ4v) is 4.19. The van der Waals surface area contributed by atoms with Gasteiger partial charge in [-0.25, -0.2) is 38.7 Å². The predicted octanol–water partition coefficient (Wildman–Crippen LogP) is 5.89. The van der Waals surface area contributed by atoms with Gasteiger partial charge in [0.15, 0.2) is 11.4 Å². The topological polar surface area (TPSA) is 190 Å². The predicted molar refractivity (Wildman–Crippen MR) is 205 cm³/mol. The summed E-state index contributed by atoms with van der Waals surface area (Å²) in [6.45, 7) is 18.8. The molecule has 2 aromatic heterocycles. The van der Waals surface area contributed by atoms with Crippen molar-refractivity contribution in [1.29, 1.82) is 0 Å². The number of nitrogens with zero attached hydrogens (tertiary/aromatic N) is 4. The molecule has 16 heteroatoms. The number of aryl methyl sites for hydroxylation is 1. The molecule has 0 spiro atoms. The van der Waals surface area contributed by atoms with Gasteiger partial charge in [0.1, 0.15) is 22.6 Å². The Balaban J connectivity index is 0.000000560. The van der Waals surface area contributed by atoms with Crippen molar-refractivity contribution < 1.29 is 57.2 Å². The van der Waals surface area contributed by atoms with Crippen LogP contribution >= 0.6 is 0 Å². The summed E-state index contributed by atoms with van der Waals surface area (Å²) in [7, 11) is 3.22. The first kappa shape index (κ1) is 48.3. The van der Waals surface area contributed by atoms with Gasteiger partial charge in [-0.05, 0) is 112 Å². The van der Waals surface area contributed by atoms with Crippen LogP contribution in [0.5, 0.6) is 0 Å². The second-order valence-electron chi connectivity index (χ2n) is 13.9. The van der Waals surface area contributed by atoms with Gasteiger partial charge in [-0.15, -0.1) is 0 Å². The quantitative estimate of drug-likeness (QED) is 0.133. The van der Waals surface area contributed by atoms with Crippen molar-refractivity contribution in [3.63, 3.8) is 0 Å². The van der Waals surface area contributed by atoms with Gasteiger partial charge in [-0.2, -0.15) is 0 Å². The highest BCUT2D eigenvalue weighted by atomic mass is 16.6. The monoisotopic (exact) mass is 784 g/mol. The van der Waals surface area contributed by atoms with E-state index in [-0.39, 0.29) is 55.7 Å². The molecule has 0 fully saturated rings. The molecule has 2 heterocycles. The van der Waals surface area contributed by atoms with Crippen LogP contribution in [0.1, 0.15) is 129 Å². The summed E-state index contributed by atoms with van der Waals surface area (Å²) in [6, 6.07) is 6.02. The van der Waals surface area contributed by atoms with Crippen LogP contribution in [0.15, 0.2) is 24.3 Å². The molecule has 0 radical (unpaired) electrons. The zero-order valence-corrected chi connectivity index (χ0v) is 34.7. The second kappa shape index (κ2) is 23.3. The minimum atomic E-state index is -0.664. The molecule has 2 rings (SSSR count). The van der Waals surface area contributed by atoms with Crippen molar-refractivity contribution in [3.05, 3.63) is 58.2 Å². The van der Waals surface area contributed by atoms with Crippen molar-refractivity contribution in [2.75, 3.05) is 53.6 Å². The number of pyridine rings is 2. The Morgan fingerprint density at radius 3 is 1.30 bits per heavy atom. The average molecular weight is 785 g/mol. The van der Waals surface area contributed by atoms with E-state index >= 15 is 0 Å². The molecule has 0 atom stereocenters. The summed E-state index contributed by atoms with van der Waals surface area (Å²) in [5, 5.41) is 0. The molecule has 0 saturated carbocycles. The molecule has 2 aromatic rings.